The maximum Gasteiger partial charge on any atom is 0.259 e. The Hall–Kier alpha value is -2.43. The lowest BCUT2D eigenvalue weighted by Gasteiger charge is -2.07. The molecule has 0 unspecified atom stereocenters. The molecule has 1 aromatic heterocycles. The number of halogens is 1. The monoisotopic (exact) mass is 260 g/mol. The Kier molecular flexibility index (Phi) is 3.75. The number of ether oxygens (including phenoxy) is 1. The van der Waals surface area contributed by atoms with Gasteiger partial charge in [0.2, 0.25) is 0 Å². The van der Waals surface area contributed by atoms with Crippen molar-refractivity contribution < 1.29 is 13.9 Å². The summed E-state index contributed by atoms with van der Waals surface area (Å²) in [4.78, 5) is 15.9. The molecule has 0 aliphatic rings. The maximum atomic E-state index is 13.7. The summed E-state index contributed by atoms with van der Waals surface area (Å²) < 4.78 is 18.6. The fourth-order valence-electron chi connectivity index (χ4n) is 1.60. The SMILES string of the molecule is COc1ccc(C(=O)Nc2cc(C)ccn2)c(F)c1. The Morgan fingerprint density at radius 3 is 2.74 bits per heavy atom. The topological polar surface area (TPSA) is 51.2 Å². The number of methoxy groups -OCH3 is 1. The van der Waals surface area contributed by atoms with Crippen molar-refractivity contribution in [1.29, 1.82) is 0 Å². The lowest BCUT2D eigenvalue weighted by Crippen LogP contribution is -2.14. The van der Waals surface area contributed by atoms with E-state index in [2.05, 4.69) is 10.3 Å². The Morgan fingerprint density at radius 2 is 2.11 bits per heavy atom. The average Bonchev–Trinajstić information content (AvgIpc) is 2.38. The highest BCUT2D eigenvalue weighted by molar-refractivity contribution is 6.04. The van der Waals surface area contributed by atoms with Gasteiger partial charge in [-0.05, 0) is 36.8 Å². The number of nitrogens with one attached hydrogen (secondary N) is 1. The summed E-state index contributed by atoms with van der Waals surface area (Å²) in [6.45, 7) is 1.88. The van der Waals surface area contributed by atoms with E-state index in [1.165, 1.54) is 25.3 Å². The molecule has 4 nitrogen and oxygen atoms in total. The van der Waals surface area contributed by atoms with Crippen LogP contribution >= 0.6 is 0 Å². The Bertz CT molecular complexity index is 614. The molecule has 19 heavy (non-hydrogen) atoms. The predicted molar refractivity (Wildman–Crippen MR) is 69.9 cm³/mol. The van der Waals surface area contributed by atoms with E-state index in [4.69, 9.17) is 4.74 Å². The largest absolute Gasteiger partial charge is 0.497 e. The van der Waals surface area contributed by atoms with Gasteiger partial charge >= 0.3 is 0 Å². The van der Waals surface area contributed by atoms with Crippen LogP contribution in [-0.4, -0.2) is 18.0 Å². The molecule has 0 aliphatic carbocycles. The number of benzene rings is 1. The summed E-state index contributed by atoms with van der Waals surface area (Å²) >= 11 is 0. The number of pyridine rings is 1. The van der Waals surface area contributed by atoms with Crippen LogP contribution in [0.2, 0.25) is 0 Å². The number of carbonyl (C=O) groups is 1. The summed E-state index contributed by atoms with van der Waals surface area (Å²) in [7, 11) is 1.44. The molecule has 1 aromatic carbocycles. The maximum absolute atomic E-state index is 13.7. The van der Waals surface area contributed by atoms with Gasteiger partial charge in [-0.2, -0.15) is 0 Å². The Balaban J connectivity index is 2.20. The summed E-state index contributed by atoms with van der Waals surface area (Å²) in [6, 6.07) is 7.59. The molecule has 1 amide bonds. The van der Waals surface area contributed by atoms with E-state index in [1.807, 2.05) is 13.0 Å². The Labute approximate surface area is 110 Å². The van der Waals surface area contributed by atoms with E-state index in [9.17, 15) is 9.18 Å². The molecule has 0 atom stereocenters. The van der Waals surface area contributed by atoms with Gasteiger partial charge in [0.1, 0.15) is 17.4 Å². The van der Waals surface area contributed by atoms with Crippen molar-refractivity contribution in [3.63, 3.8) is 0 Å². The smallest absolute Gasteiger partial charge is 0.259 e. The first-order chi connectivity index (χ1) is 9.10. The summed E-state index contributed by atoms with van der Waals surface area (Å²) in [5.41, 5.74) is 0.907. The highest BCUT2D eigenvalue weighted by Gasteiger charge is 2.13. The van der Waals surface area contributed by atoms with Crippen molar-refractivity contribution in [2.45, 2.75) is 6.92 Å². The van der Waals surface area contributed by atoms with Crippen LogP contribution in [-0.2, 0) is 0 Å². The first-order valence-electron chi connectivity index (χ1n) is 5.67. The first-order valence-corrected chi connectivity index (χ1v) is 5.67. The minimum atomic E-state index is -0.635. The van der Waals surface area contributed by atoms with Gasteiger partial charge in [-0.3, -0.25) is 4.79 Å². The van der Waals surface area contributed by atoms with E-state index in [0.29, 0.717) is 11.6 Å². The molecular weight excluding hydrogens is 247 g/mol. The molecule has 0 saturated heterocycles. The first kappa shape index (κ1) is 13.0. The van der Waals surface area contributed by atoms with E-state index < -0.39 is 11.7 Å². The number of anilines is 1. The molecule has 98 valence electrons. The van der Waals surface area contributed by atoms with Crippen LogP contribution in [0.5, 0.6) is 5.75 Å². The molecule has 0 bridgehead atoms. The molecule has 2 aromatic rings. The zero-order valence-electron chi connectivity index (χ0n) is 10.6. The number of amides is 1. The predicted octanol–water partition coefficient (Wildman–Crippen LogP) is 2.79. The van der Waals surface area contributed by atoms with Gasteiger partial charge in [-0.25, -0.2) is 9.37 Å². The molecular formula is C14H13FN2O2. The van der Waals surface area contributed by atoms with Crippen molar-refractivity contribution in [1.82, 2.24) is 4.98 Å². The average molecular weight is 260 g/mol. The standard InChI is InChI=1S/C14H13FN2O2/c1-9-5-6-16-13(7-9)17-14(18)11-4-3-10(19-2)8-12(11)15/h3-8H,1-2H3,(H,16,17,18). The number of aryl methyl sites for hydroxylation is 1. The second kappa shape index (κ2) is 5.48. The van der Waals surface area contributed by atoms with Crippen LogP contribution in [0.15, 0.2) is 36.5 Å². The molecule has 1 N–H and O–H groups in total. The van der Waals surface area contributed by atoms with Gasteiger partial charge < -0.3 is 10.1 Å². The number of rotatable bonds is 3. The minimum absolute atomic E-state index is 0.0518. The molecule has 1 heterocycles. The normalized spacial score (nSPS) is 10.1. The molecule has 5 heteroatoms. The molecule has 0 radical (unpaired) electrons. The van der Waals surface area contributed by atoms with Gasteiger partial charge in [0, 0.05) is 12.3 Å². The summed E-state index contributed by atoms with van der Waals surface area (Å²) in [5, 5.41) is 2.55. The molecule has 2 rings (SSSR count). The molecule has 0 aliphatic heterocycles. The third-order valence-electron chi connectivity index (χ3n) is 2.58. The quantitative estimate of drug-likeness (QED) is 0.923. The zero-order valence-corrected chi connectivity index (χ0v) is 10.6. The number of hydrogen-bond acceptors (Lipinski definition) is 3. The number of nitrogens with zero attached hydrogens (tertiary/aromatic N) is 1. The Morgan fingerprint density at radius 1 is 1.32 bits per heavy atom. The van der Waals surface area contributed by atoms with Crippen LogP contribution in [0.3, 0.4) is 0 Å². The summed E-state index contributed by atoms with van der Waals surface area (Å²) in [6.07, 6.45) is 1.58. The number of hydrogen-bond donors (Lipinski definition) is 1. The molecule has 0 fully saturated rings. The fourth-order valence-corrected chi connectivity index (χ4v) is 1.60. The summed E-state index contributed by atoms with van der Waals surface area (Å²) in [5.74, 6) is -0.425. The van der Waals surface area contributed by atoms with Crippen LogP contribution < -0.4 is 10.1 Å². The van der Waals surface area contributed by atoms with E-state index in [-0.39, 0.29) is 5.56 Å². The van der Waals surface area contributed by atoms with Crippen molar-refractivity contribution in [2.75, 3.05) is 12.4 Å². The van der Waals surface area contributed by atoms with Crippen molar-refractivity contribution in [3.05, 3.63) is 53.5 Å². The second-order valence-electron chi connectivity index (χ2n) is 4.02. The lowest BCUT2D eigenvalue weighted by atomic mass is 10.2. The highest BCUT2D eigenvalue weighted by atomic mass is 19.1. The van der Waals surface area contributed by atoms with Crippen molar-refractivity contribution in [2.24, 2.45) is 0 Å². The van der Waals surface area contributed by atoms with Crippen molar-refractivity contribution in [3.8, 4) is 5.75 Å². The van der Waals surface area contributed by atoms with E-state index in [1.54, 1.807) is 12.3 Å². The van der Waals surface area contributed by atoms with Gasteiger partial charge in [-0.1, -0.05) is 0 Å². The number of aromatic nitrogens is 1. The molecule has 0 spiro atoms. The van der Waals surface area contributed by atoms with Gasteiger partial charge in [-0.15, -0.1) is 0 Å². The molecule has 0 saturated carbocycles. The lowest BCUT2D eigenvalue weighted by molar-refractivity contribution is 0.102. The third-order valence-corrected chi connectivity index (χ3v) is 2.58. The van der Waals surface area contributed by atoms with Crippen LogP contribution in [0, 0.1) is 12.7 Å². The van der Waals surface area contributed by atoms with E-state index >= 15 is 0 Å². The fraction of sp³-hybridized carbons (Fsp3) is 0.143. The van der Waals surface area contributed by atoms with Crippen LogP contribution in [0.4, 0.5) is 10.2 Å². The third kappa shape index (κ3) is 3.07. The van der Waals surface area contributed by atoms with Crippen LogP contribution in [0.1, 0.15) is 15.9 Å². The highest BCUT2D eigenvalue weighted by Crippen LogP contribution is 2.17. The van der Waals surface area contributed by atoms with Gasteiger partial charge in [0.05, 0.1) is 12.7 Å². The minimum Gasteiger partial charge on any atom is -0.497 e. The van der Waals surface area contributed by atoms with Gasteiger partial charge in [0.25, 0.3) is 5.91 Å². The van der Waals surface area contributed by atoms with Crippen LogP contribution in [0.25, 0.3) is 0 Å². The zero-order chi connectivity index (χ0) is 13.8. The second-order valence-corrected chi connectivity index (χ2v) is 4.02. The van der Waals surface area contributed by atoms with Crippen molar-refractivity contribution >= 4 is 11.7 Å². The number of carbonyl (C=O) groups excluding carboxylic acids is 1. The van der Waals surface area contributed by atoms with E-state index in [0.717, 1.165) is 5.56 Å². The van der Waals surface area contributed by atoms with Gasteiger partial charge in [0.15, 0.2) is 0 Å².